The molecule has 0 unspecified atom stereocenters. The number of hydrogen-bond donors (Lipinski definition) is 2. The van der Waals surface area contributed by atoms with Gasteiger partial charge in [0.1, 0.15) is 0 Å². The second kappa shape index (κ2) is 11.2. The Hall–Kier alpha value is -3.35. The molecule has 2 aromatic rings. The van der Waals surface area contributed by atoms with Gasteiger partial charge >= 0.3 is 12.0 Å². The number of ether oxygens (including phenoxy) is 1. The Labute approximate surface area is 183 Å². The van der Waals surface area contributed by atoms with E-state index < -0.39 is 23.6 Å². The third-order valence-corrected chi connectivity index (χ3v) is 4.56. The minimum Gasteiger partial charge on any atom is -0.452 e. The third-order valence-electron chi connectivity index (χ3n) is 4.56. The van der Waals surface area contributed by atoms with Crippen molar-refractivity contribution < 1.29 is 19.1 Å². The van der Waals surface area contributed by atoms with Crippen molar-refractivity contribution in [2.45, 2.75) is 52.3 Å². The van der Waals surface area contributed by atoms with E-state index in [1.165, 1.54) is 0 Å². The highest BCUT2D eigenvalue weighted by Gasteiger charge is 2.31. The van der Waals surface area contributed by atoms with Crippen LogP contribution in [0.1, 0.15) is 39.7 Å². The van der Waals surface area contributed by atoms with Gasteiger partial charge in [-0.2, -0.15) is 0 Å². The smallest absolute Gasteiger partial charge is 0.319 e. The number of rotatable bonds is 8. The molecule has 2 rings (SSSR count). The van der Waals surface area contributed by atoms with Crippen LogP contribution in [0.4, 0.5) is 10.5 Å². The van der Waals surface area contributed by atoms with E-state index in [0.29, 0.717) is 12.2 Å². The van der Waals surface area contributed by atoms with Gasteiger partial charge in [-0.3, -0.25) is 9.59 Å². The van der Waals surface area contributed by atoms with E-state index in [0.717, 1.165) is 5.56 Å². The molecule has 0 fully saturated rings. The number of carbonyl (C=O) groups is 3. The summed E-state index contributed by atoms with van der Waals surface area (Å²) in [6.45, 7) is 7.92. The number of hydrogen-bond acceptors (Lipinski definition) is 4. The normalized spacial score (nSPS) is 11.9. The molecule has 0 saturated heterocycles. The van der Waals surface area contributed by atoms with Crippen LogP contribution in [0, 0.1) is 0 Å². The van der Waals surface area contributed by atoms with E-state index in [1.807, 2.05) is 69.3 Å². The first-order valence-electron chi connectivity index (χ1n) is 10.3. The maximum Gasteiger partial charge on any atom is 0.319 e. The molecular formula is C24H31N3O4. The Bertz CT molecular complexity index is 863. The van der Waals surface area contributed by atoms with Crippen molar-refractivity contribution in [2.75, 3.05) is 11.9 Å². The van der Waals surface area contributed by atoms with Crippen LogP contribution in [0.5, 0.6) is 0 Å². The standard InChI is InChI=1S/C24H31N3O4/c1-18(22(29)27(24(2,3)4)17-19-11-7-5-8-12-19)31-21(28)15-16-25-23(30)26-20-13-9-6-10-14-20/h5-14,18H,15-17H2,1-4H3,(H2,25,26,30)/t18-/m1/s1. The molecule has 1 atom stereocenters. The molecule has 0 aliphatic carbocycles. The minimum atomic E-state index is -0.923. The number of nitrogens with zero attached hydrogens (tertiary/aromatic N) is 1. The van der Waals surface area contributed by atoms with Gasteiger partial charge in [-0.05, 0) is 45.4 Å². The molecule has 0 saturated carbocycles. The van der Waals surface area contributed by atoms with Crippen molar-refractivity contribution in [3.63, 3.8) is 0 Å². The molecule has 2 aromatic carbocycles. The number of nitrogens with one attached hydrogen (secondary N) is 2. The van der Waals surface area contributed by atoms with Gasteiger partial charge in [0.25, 0.3) is 5.91 Å². The van der Waals surface area contributed by atoms with Gasteiger partial charge in [-0.15, -0.1) is 0 Å². The van der Waals surface area contributed by atoms with Crippen molar-refractivity contribution in [3.8, 4) is 0 Å². The lowest BCUT2D eigenvalue weighted by molar-refractivity contribution is -0.162. The van der Waals surface area contributed by atoms with Crippen molar-refractivity contribution in [1.29, 1.82) is 0 Å². The maximum absolute atomic E-state index is 13.0. The van der Waals surface area contributed by atoms with Gasteiger partial charge in [0, 0.05) is 24.3 Å². The summed E-state index contributed by atoms with van der Waals surface area (Å²) in [5, 5.41) is 5.26. The molecule has 0 radical (unpaired) electrons. The van der Waals surface area contributed by atoms with Gasteiger partial charge < -0.3 is 20.3 Å². The quantitative estimate of drug-likeness (QED) is 0.627. The lowest BCUT2D eigenvalue weighted by Gasteiger charge is -2.37. The van der Waals surface area contributed by atoms with E-state index in [4.69, 9.17) is 4.74 Å². The molecule has 0 heterocycles. The Morgan fingerprint density at radius 1 is 0.968 bits per heavy atom. The van der Waals surface area contributed by atoms with Crippen LogP contribution in [0.15, 0.2) is 60.7 Å². The van der Waals surface area contributed by atoms with Crippen LogP contribution in [-0.2, 0) is 20.9 Å². The largest absolute Gasteiger partial charge is 0.452 e. The number of esters is 1. The Balaban J connectivity index is 1.82. The van der Waals surface area contributed by atoms with Gasteiger partial charge in [0.15, 0.2) is 6.10 Å². The molecular weight excluding hydrogens is 394 g/mol. The Kier molecular flexibility index (Phi) is 8.61. The van der Waals surface area contributed by atoms with E-state index in [9.17, 15) is 14.4 Å². The molecule has 0 bridgehead atoms. The van der Waals surface area contributed by atoms with Gasteiger partial charge in [-0.1, -0.05) is 48.5 Å². The number of para-hydroxylation sites is 1. The molecule has 2 N–H and O–H groups in total. The van der Waals surface area contributed by atoms with Crippen LogP contribution in [-0.4, -0.2) is 41.0 Å². The molecule has 0 aliphatic heterocycles. The van der Waals surface area contributed by atoms with E-state index in [2.05, 4.69) is 10.6 Å². The van der Waals surface area contributed by atoms with Crippen molar-refractivity contribution in [1.82, 2.24) is 10.2 Å². The fourth-order valence-corrected chi connectivity index (χ4v) is 2.91. The summed E-state index contributed by atoms with van der Waals surface area (Å²) < 4.78 is 5.32. The highest BCUT2D eigenvalue weighted by atomic mass is 16.5. The van der Waals surface area contributed by atoms with E-state index in [1.54, 1.807) is 24.0 Å². The van der Waals surface area contributed by atoms with Crippen molar-refractivity contribution >= 4 is 23.6 Å². The summed E-state index contributed by atoms with van der Waals surface area (Å²) in [6, 6.07) is 18.3. The number of anilines is 1. The SMILES string of the molecule is C[C@@H](OC(=O)CCNC(=O)Nc1ccccc1)C(=O)N(Cc1ccccc1)C(C)(C)C. The maximum atomic E-state index is 13.0. The molecule has 166 valence electrons. The fourth-order valence-electron chi connectivity index (χ4n) is 2.91. The number of amides is 3. The van der Waals surface area contributed by atoms with Gasteiger partial charge in [0.2, 0.25) is 0 Å². The minimum absolute atomic E-state index is 0.0337. The van der Waals surface area contributed by atoms with Crippen LogP contribution >= 0.6 is 0 Å². The van der Waals surface area contributed by atoms with Gasteiger partial charge in [-0.25, -0.2) is 4.79 Å². The zero-order valence-electron chi connectivity index (χ0n) is 18.6. The van der Waals surface area contributed by atoms with Crippen molar-refractivity contribution in [3.05, 3.63) is 66.2 Å². The number of benzene rings is 2. The molecule has 7 nitrogen and oxygen atoms in total. The zero-order chi connectivity index (χ0) is 22.9. The number of urea groups is 1. The van der Waals surface area contributed by atoms with Crippen LogP contribution in [0.3, 0.4) is 0 Å². The van der Waals surface area contributed by atoms with Gasteiger partial charge in [0.05, 0.1) is 6.42 Å². The molecule has 7 heteroatoms. The summed E-state index contributed by atoms with van der Waals surface area (Å²) in [5.41, 5.74) is 1.21. The molecule has 0 aliphatic rings. The topological polar surface area (TPSA) is 87.7 Å². The van der Waals surface area contributed by atoms with E-state index in [-0.39, 0.29) is 18.9 Å². The van der Waals surface area contributed by atoms with Crippen LogP contribution in [0.25, 0.3) is 0 Å². The van der Waals surface area contributed by atoms with Crippen molar-refractivity contribution in [2.24, 2.45) is 0 Å². The summed E-state index contributed by atoms with van der Waals surface area (Å²) in [4.78, 5) is 38.7. The average molecular weight is 426 g/mol. The highest BCUT2D eigenvalue weighted by Crippen LogP contribution is 2.19. The molecule has 3 amide bonds. The number of carbonyl (C=O) groups excluding carboxylic acids is 3. The summed E-state index contributed by atoms with van der Waals surface area (Å²) in [5.74, 6) is -0.811. The lowest BCUT2D eigenvalue weighted by Crippen LogP contribution is -2.49. The third kappa shape index (κ3) is 8.12. The molecule has 0 spiro atoms. The zero-order valence-corrected chi connectivity index (χ0v) is 18.6. The second-order valence-corrected chi connectivity index (χ2v) is 8.21. The summed E-state index contributed by atoms with van der Waals surface area (Å²) in [6.07, 6.45) is -0.956. The fraction of sp³-hybridized carbons (Fsp3) is 0.375. The molecule has 31 heavy (non-hydrogen) atoms. The first-order valence-corrected chi connectivity index (χ1v) is 10.3. The highest BCUT2D eigenvalue weighted by molar-refractivity contribution is 5.89. The monoisotopic (exact) mass is 425 g/mol. The summed E-state index contributed by atoms with van der Waals surface area (Å²) in [7, 11) is 0. The predicted molar refractivity (Wildman–Crippen MR) is 120 cm³/mol. The Morgan fingerprint density at radius 3 is 2.13 bits per heavy atom. The first kappa shape index (κ1) is 23.9. The second-order valence-electron chi connectivity index (χ2n) is 8.21. The van der Waals surface area contributed by atoms with Crippen LogP contribution in [0.2, 0.25) is 0 Å². The Morgan fingerprint density at radius 2 is 1.55 bits per heavy atom. The predicted octanol–water partition coefficient (Wildman–Crippen LogP) is 3.96. The lowest BCUT2D eigenvalue weighted by atomic mass is 10.0. The first-order chi connectivity index (χ1) is 14.7. The van der Waals surface area contributed by atoms with E-state index >= 15 is 0 Å². The van der Waals surface area contributed by atoms with Crippen LogP contribution < -0.4 is 10.6 Å². The average Bonchev–Trinajstić information content (AvgIpc) is 2.72. The molecule has 0 aromatic heterocycles. The summed E-state index contributed by atoms with van der Waals surface area (Å²) >= 11 is 0.